The molecular formula is C21H26F4N4O2. The minimum Gasteiger partial charge on any atom is -0.483 e. The van der Waals surface area contributed by atoms with Crippen LogP contribution in [0.25, 0.3) is 11.1 Å². The van der Waals surface area contributed by atoms with Crippen LogP contribution in [0.5, 0.6) is 0 Å². The highest BCUT2D eigenvalue weighted by Gasteiger charge is 2.31. The van der Waals surface area contributed by atoms with Crippen molar-refractivity contribution in [1.82, 2.24) is 14.9 Å². The molecule has 1 aromatic heterocycles. The van der Waals surface area contributed by atoms with Gasteiger partial charge in [0.15, 0.2) is 0 Å². The zero-order valence-corrected chi connectivity index (χ0v) is 17.6. The number of hydrogen-bond donors (Lipinski definition) is 2. The lowest BCUT2D eigenvalue weighted by Crippen LogP contribution is -2.45. The first-order valence-corrected chi connectivity index (χ1v) is 9.80. The number of alkyl halides is 3. The third kappa shape index (κ3) is 6.36. The minimum absolute atomic E-state index is 0.0564. The van der Waals surface area contributed by atoms with Crippen molar-refractivity contribution in [2.24, 2.45) is 0 Å². The number of carboxylic acid groups (broad SMARTS) is 1. The SMILES string of the molecule is Cc1nc(N[C@H]2CCCC[C@@H]2N(C)C)ncc1-c1ccc(C(F)(F)F)cc1F.O=CO. The monoisotopic (exact) mass is 442 g/mol. The van der Waals surface area contributed by atoms with Gasteiger partial charge in [-0.2, -0.15) is 13.2 Å². The van der Waals surface area contributed by atoms with Crippen molar-refractivity contribution in [3.05, 3.63) is 41.5 Å². The van der Waals surface area contributed by atoms with E-state index in [2.05, 4.69) is 20.2 Å². The highest BCUT2D eigenvalue weighted by Crippen LogP contribution is 2.33. The van der Waals surface area contributed by atoms with E-state index < -0.39 is 17.6 Å². The van der Waals surface area contributed by atoms with E-state index in [9.17, 15) is 17.6 Å². The Labute approximate surface area is 178 Å². The fourth-order valence-corrected chi connectivity index (χ4v) is 3.77. The van der Waals surface area contributed by atoms with E-state index in [1.165, 1.54) is 12.6 Å². The number of halogens is 4. The van der Waals surface area contributed by atoms with Gasteiger partial charge in [-0.1, -0.05) is 18.9 Å². The second-order valence-corrected chi connectivity index (χ2v) is 7.56. The largest absolute Gasteiger partial charge is 0.483 e. The van der Waals surface area contributed by atoms with Gasteiger partial charge >= 0.3 is 6.18 Å². The molecular weight excluding hydrogens is 416 g/mol. The van der Waals surface area contributed by atoms with Crippen molar-refractivity contribution in [3.63, 3.8) is 0 Å². The molecule has 0 bridgehead atoms. The summed E-state index contributed by atoms with van der Waals surface area (Å²) in [6, 6.07) is 3.10. The molecule has 0 radical (unpaired) electrons. The van der Waals surface area contributed by atoms with Crippen LogP contribution in [0.4, 0.5) is 23.5 Å². The molecule has 0 unspecified atom stereocenters. The summed E-state index contributed by atoms with van der Waals surface area (Å²) in [4.78, 5) is 19.3. The molecule has 1 aliphatic rings. The molecule has 2 aromatic rings. The van der Waals surface area contributed by atoms with Gasteiger partial charge in [0.25, 0.3) is 6.47 Å². The number of rotatable bonds is 4. The van der Waals surface area contributed by atoms with Gasteiger partial charge in [-0.15, -0.1) is 0 Å². The van der Waals surface area contributed by atoms with Crippen LogP contribution in [0.15, 0.2) is 24.4 Å². The summed E-state index contributed by atoms with van der Waals surface area (Å²) in [6.45, 7) is 1.45. The maximum Gasteiger partial charge on any atom is 0.416 e. The second kappa shape index (κ2) is 10.5. The zero-order chi connectivity index (χ0) is 23.2. The number of likely N-dealkylation sites (N-methyl/N-ethyl adjacent to an activating group) is 1. The summed E-state index contributed by atoms with van der Waals surface area (Å²) in [6.07, 6.45) is 1.31. The van der Waals surface area contributed by atoms with Gasteiger partial charge in [-0.3, -0.25) is 4.79 Å². The van der Waals surface area contributed by atoms with Crippen molar-refractivity contribution in [2.45, 2.75) is 50.9 Å². The zero-order valence-electron chi connectivity index (χ0n) is 17.6. The molecule has 1 fully saturated rings. The second-order valence-electron chi connectivity index (χ2n) is 7.56. The van der Waals surface area contributed by atoms with Gasteiger partial charge in [0.2, 0.25) is 5.95 Å². The maximum absolute atomic E-state index is 14.3. The number of anilines is 1. The molecule has 1 heterocycles. The number of hydrogen-bond acceptors (Lipinski definition) is 5. The molecule has 0 saturated heterocycles. The van der Waals surface area contributed by atoms with Crippen LogP contribution in [-0.4, -0.2) is 52.6 Å². The Kier molecular flexibility index (Phi) is 8.32. The van der Waals surface area contributed by atoms with E-state index in [4.69, 9.17) is 9.90 Å². The van der Waals surface area contributed by atoms with Gasteiger partial charge in [0, 0.05) is 29.4 Å². The predicted octanol–water partition coefficient (Wildman–Crippen LogP) is 4.60. The van der Waals surface area contributed by atoms with E-state index in [-0.39, 0.29) is 18.1 Å². The lowest BCUT2D eigenvalue weighted by atomic mass is 9.89. The Balaban J connectivity index is 0.00000107. The van der Waals surface area contributed by atoms with Gasteiger partial charge < -0.3 is 15.3 Å². The fourth-order valence-electron chi connectivity index (χ4n) is 3.77. The third-order valence-corrected chi connectivity index (χ3v) is 5.27. The Morgan fingerprint density at radius 2 is 1.84 bits per heavy atom. The normalized spacial score (nSPS) is 18.8. The fraction of sp³-hybridized carbons (Fsp3) is 0.476. The molecule has 2 N–H and O–H groups in total. The molecule has 0 amide bonds. The lowest BCUT2D eigenvalue weighted by molar-refractivity contribution is -0.137. The van der Waals surface area contributed by atoms with Crippen LogP contribution in [-0.2, 0) is 11.0 Å². The molecule has 1 aliphatic carbocycles. The van der Waals surface area contributed by atoms with Crippen LogP contribution in [0.3, 0.4) is 0 Å². The molecule has 0 aliphatic heterocycles. The summed E-state index contributed by atoms with van der Waals surface area (Å²) in [5.41, 5.74) is -0.0727. The third-order valence-electron chi connectivity index (χ3n) is 5.27. The summed E-state index contributed by atoms with van der Waals surface area (Å²) in [5, 5.41) is 10.3. The predicted molar refractivity (Wildman–Crippen MR) is 109 cm³/mol. The lowest BCUT2D eigenvalue weighted by Gasteiger charge is -2.36. The number of aromatic nitrogens is 2. The van der Waals surface area contributed by atoms with Crippen LogP contribution in [0.2, 0.25) is 0 Å². The minimum atomic E-state index is -4.58. The molecule has 1 saturated carbocycles. The summed E-state index contributed by atoms with van der Waals surface area (Å²) in [5.74, 6) is -0.491. The van der Waals surface area contributed by atoms with E-state index in [0.29, 0.717) is 29.3 Å². The average Bonchev–Trinajstić information content (AvgIpc) is 2.69. The first-order chi connectivity index (χ1) is 14.6. The Hall–Kier alpha value is -2.75. The van der Waals surface area contributed by atoms with Crippen molar-refractivity contribution in [3.8, 4) is 11.1 Å². The highest BCUT2D eigenvalue weighted by atomic mass is 19.4. The molecule has 2 atom stereocenters. The number of aryl methyl sites for hydroxylation is 1. The highest BCUT2D eigenvalue weighted by molar-refractivity contribution is 5.66. The number of nitrogens with one attached hydrogen (secondary N) is 1. The Morgan fingerprint density at radius 1 is 1.19 bits per heavy atom. The van der Waals surface area contributed by atoms with Crippen LogP contribution in [0.1, 0.15) is 36.9 Å². The first-order valence-electron chi connectivity index (χ1n) is 9.80. The van der Waals surface area contributed by atoms with Crippen molar-refractivity contribution < 1.29 is 27.5 Å². The van der Waals surface area contributed by atoms with Crippen molar-refractivity contribution in [2.75, 3.05) is 19.4 Å². The van der Waals surface area contributed by atoms with Gasteiger partial charge in [0.05, 0.1) is 11.3 Å². The summed E-state index contributed by atoms with van der Waals surface area (Å²) >= 11 is 0. The van der Waals surface area contributed by atoms with Crippen molar-refractivity contribution in [1.29, 1.82) is 0 Å². The van der Waals surface area contributed by atoms with E-state index >= 15 is 0 Å². The van der Waals surface area contributed by atoms with Crippen LogP contribution < -0.4 is 5.32 Å². The first kappa shape index (κ1) is 24.5. The number of benzene rings is 1. The molecule has 0 spiro atoms. The molecule has 1 aromatic carbocycles. The van der Waals surface area contributed by atoms with Crippen LogP contribution in [0, 0.1) is 12.7 Å². The van der Waals surface area contributed by atoms with E-state index in [1.807, 2.05) is 14.1 Å². The number of nitrogens with zero attached hydrogens (tertiary/aromatic N) is 3. The quantitative estimate of drug-likeness (QED) is 0.533. The maximum atomic E-state index is 14.3. The smallest absolute Gasteiger partial charge is 0.416 e. The van der Waals surface area contributed by atoms with Gasteiger partial charge in [-0.05, 0) is 46.0 Å². The summed E-state index contributed by atoms with van der Waals surface area (Å²) < 4.78 is 52.5. The van der Waals surface area contributed by atoms with E-state index in [0.717, 1.165) is 31.4 Å². The Bertz CT molecular complexity index is 890. The summed E-state index contributed by atoms with van der Waals surface area (Å²) in [7, 11) is 4.10. The van der Waals surface area contributed by atoms with E-state index in [1.54, 1.807) is 6.92 Å². The van der Waals surface area contributed by atoms with Gasteiger partial charge in [-0.25, -0.2) is 14.4 Å². The van der Waals surface area contributed by atoms with Crippen molar-refractivity contribution >= 4 is 12.4 Å². The number of carbonyl (C=O) groups is 1. The molecule has 6 nitrogen and oxygen atoms in total. The average molecular weight is 442 g/mol. The topological polar surface area (TPSA) is 78.4 Å². The molecule has 3 rings (SSSR count). The Morgan fingerprint density at radius 3 is 2.39 bits per heavy atom. The molecule has 170 valence electrons. The molecule has 10 heteroatoms. The van der Waals surface area contributed by atoms with Crippen LogP contribution >= 0.6 is 0 Å². The van der Waals surface area contributed by atoms with Gasteiger partial charge in [0.1, 0.15) is 5.82 Å². The standard InChI is InChI=1S/C20H24F4N4.CH2O2/c1-12-15(14-9-8-13(10-16(14)21)20(22,23)24)11-25-19(26-12)27-17-6-4-5-7-18(17)28(2)3;2-1-3/h8-11,17-18H,4-7H2,1-3H3,(H,25,26,27);1H,(H,2,3)/t17-,18-;/m0./s1. The molecule has 31 heavy (non-hydrogen) atoms.